The third-order valence-electron chi connectivity index (χ3n) is 5.70. The van der Waals surface area contributed by atoms with Crippen LogP contribution in [-0.2, 0) is 9.53 Å². The maximum absolute atomic E-state index is 12.5. The molecule has 1 N–H and O–H groups in total. The summed E-state index contributed by atoms with van der Waals surface area (Å²) in [4.78, 5) is 50.5. The van der Waals surface area contributed by atoms with Crippen LogP contribution in [0, 0.1) is 6.92 Å². The highest BCUT2D eigenvalue weighted by Gasteiger charge is 2.24. The Morgan fingerprint density at radius 3 is 2.15 bits per heavy atom. The van der Waals surface area contributed by atoms with Crippen LogP contribution in [0.15, 0.2) is 48.5 Å². The van der Waals surface area contributed by atoms with Crippen molar-refractivity contribution < 1.29 is 28.7 Å². The summed E-state index contributed by atoms with van der Waals surface area (Å²) >= 11 is 0. The highest BCUT2D eigenvalue weighted by atomic mass is 16.7. The number of nitrogens with zero attached hydrogens (tertiary/aromatic N) is 1. The summed E-state index contributed by atoms with van der Waals surface area (Å²) in [6.45, 7) is 4.94. The Balaban J connectivity index is 1.40. The highest BCUT2D eigenvalue weighted by molar-refractivity contribution is 5.98. The lowest BCUT2D eigenvalue weighted by Crippen LogP contribution is -2.46. The van der Waals surface area contributed by atoms with Crippen molar-refractivity contribution >= 4 is 23.8 Å². The number of carbonyl (C=O) groups excluding carboxylic acids is 4. The third kappa shape index (κ3) is 7.16. The van der Waals surface area contributed by atoms with Gasteiger partial charge in [-0.15, -0.1) is 0 Å². The molecule has 3 rings (SSSR count). The number of likely N-dealkylation sites (tertiary alicyclic amines) is 1. The van der Waals surface area contributed by atoms with Crippen LogP contribution in [0.5, 0.6) is 5.75 Å². The van der Waals surface area contributed by atoms with Gasteiger partial charge in [0.2, 0.25) is 5.91 Å². The number of ether oxygens (including phenoxy) is 2. The van der Waals surface area contributed by atoms with E-state index in [4.69, 9.17) is 9.47 Å². The molecule has 2 amide bonds. The summed E-state index contributed by atoms with van der Waals surface area (Å²) < 4.78 is 9.70. The number of hydrogen-bond acceptors (Lipinski definition) is 6. The molecule has 0 radical (unpaired) electrons. The molecule has 0 aromatic heterocycles. The maximum Gasteiger partial charge on any atom is 0.513 e. The largest absolute Gasteiger partial charge is 0.513 e. The van der Waals surface area contributed by atoms with E-state index in [0.717, 1.165) is 5.56 Å². The minimum absolute atomic E-state index is 0.0332. The zero-order chi connectivity index (χ0) is 24.5. The Bertz CT molecular complexity index is 1010. The Morgan fingerprint density at radius 2 is 1.53 bits per heavy atom. The van der Waals surface area contributed by atoms with Gasteiger partial charge >= 0.3 is 6.16 Å². The molecule has 0 atom stereocenters. The number of carbonyl (C=O) groups is 4. The molecule has 1 fully saturated rings. The smallest absolute Gasteiger partial charge is 0.434 e. The number of piperidine rings is 1. The van der Waals surface area contributed by atoms with Crippen molar-refractivity contribution in [2.45, 2.75) is 45.6 Å². The highest BCUT2D eigenvalue weighted by Crippen LogP contribution is 2.16. The Hall–Kier alpha value is -3.68. The second-order valence-corrected chi connectivity index (χ2v) is 8.23. The van der Waals surface area contributed by atoms with Crippen molar-refractivity contribution in [3.8, 4) is 5.75 Å². The number of ketones is 1. The van der Waals surface area contributed by atoms with Crippen LogP contribution >= 0.6 is 0 Å². The number of Topliss-reactive ketones (excluding diaryl/α,β-unsaturated/α-hetero) is 1. The second-order valence-electron chi connectivity index (χ2n) is 8.23. The van der Waals surface area contributed by atoms with Crippen molar-refractivity contribution in [1.82, 2.24) is 10.2 Å². The Morgan fingerprint density at radius 1 is 0.912 bits per heavy atom. The van der Waals surface area contributed by atoms with Crippen molar-refractivity contribution in [3.63, 3.8) is 0 Å². The van der Waals surface area contributed by atoms with Crippen LogP contribution in [-0.4, -0.2) is 54.4 Å². The summed E-state index contributed by atoms with van der Waals surface area (Å²) in [7, 11) is 0. The fourth-order valence-corrected chi connectivity index (χ4v) is 3.72. The van der Waals surface area contributed by atoms with E-state index in [1.54, 1.807) is 36.1 Å². The Kier molecular flexibility index (Phi) is 8.79. The number of aryl methyl sites for hydroxylation is 1. The zero-order valence-corrected chi connectivity index (χ0v) is 19.5. The van der Waals surface area contributed by atoms with Crippen molar-refractivity contribution in [3.05, 3.63) is 65.2 Å². The Labute approximate surface area is 199 Å². The van der Waals surface area contributed by atoms with Crippen LogP contribution in [0.3, 0.4) is 0 Å². The zero-order valence-electron chi connectivity index (χ0n) is 19.5. The summed E-state index contributed by atoms with van der Waals surface area (Å²) in [6.07, 6.45) is 0.875. The quantitative estimate of drug-likeness (QED) is 0.360. The third-order valence-corrected chi connectivity index (χ3v) is 5.70. The van der Waals surface area contributed by atoms with Gasteiger partial charge in [0.25, 0.3) is 5.91 Å². The second kappa shape index (κ2) is 12.0. The summed E-state index contributed by atoms with van der Waals surface area (Å²) in [6, 6.07) is 13.5. The fourth-order valence-electron chi connectivity index (χ4n) is 3.72. The van der Waals surface area contributed by atoms with Gasteiger partial charge in [0.15, 0.2) is 5.78 Å². The van der Waals surface area contributed by atoms with Gasteiger partial charge in [-0.05, 0) is 51.0 Å². The van der Waals surface area contributed by atoms with E-state index in [9.17, 15) is 19.2 Å². The van der Waals surface area contributed by atoms with Crippen molar-refractivity contribution in [1.29, 1.82) is 0 Å². The summed E-state index contributed by atoms with van der Waals surface area (Å²) in [5.41, 5.74) is 2.16. The number of nitrogens with one attached hydrogen (secondary N) is 1. The first-order chi connectivity index (χ1) is 16.4. The van der Waals surface area contributed by atoms with Crippen molar-refractivity contribution in [2.24, 2.45) is 0 Å². The number of hydrogen-bond donors (Lipinski definition) is 1. The molecule has 1 heterocycles. The molecule has 0 unspecified atom stereocenters. The molecule has 8 nitrogen and oxygen atoms in total. The van der Waals surface area contributed by atoms with E-state index in [0.29, 0.717) is 42.8 Å². The lowest BCUT2D eigenvalue weighted by molar-refractivity contribution is -0.132. The predicted molar refractivity (Wildman–Crippen MR) is 126 cm³/mol. The molecule has 1 aliphatic rings. The first kappa shape index (κ1) is 25.0. The van der Waals surface area contributed by atoms with E-state index in [1.807, 2.05) is 19.1 Å². The van der Waals surface area contributed by atoms with Gasteiger partial charge in [-0.3, -0.25) is 14.4 Å². The first-order valence-corrected chi connectivity index (χ1v) is 11.5. The average molecular weight is 467 g/mol. The number of benzene rings is 2. The summed E-state index contributed by atoms with van der Waals surface area (Å²) in [5, 5.41) is 2.99. The van der Waals surface area contributed by atoms with Crippen molar-refractivity contribution in [2.75, 3.05) is 19.7 Å². The maximum atomic E-state index is 12.5. The molecular formula is C26H30N2O6. The molecule has 2 aromatic rings. The van der Waals surface area contributed by atoms with Gasteiger partial charge in [-0.25, -0.2) is 4.79 Å². The van der Waals surface area contributed by atoms with Gasteiger partial charge < -0.3 is 19.7 Å². The van der Waals surface area contributed by atoms with E-state index >= 15 is 0 Å². The van der Waals surface area contributed by atoms with Gasteiger partial charge in [0.1, 0.15) is 5.75 Å². The molecule has 34 heavy (non-hydrogen) atoms. The molecule has 2 aromatic carbocycles. The first-order valence-electron chi connectivity index (χ1n) is 11.5. The van der Waals surface area contributed by atoms with Gasteiger partial charge in [0.05, 0.1) is 6.61 Å². The number of rotatable bonds is 8. The molecule has 0 spiro atoms. The van der Waals surface area contributed by atoms with Crippen LogP contribution in [0.25, 0.3) is 0 Å². The van der Waals surface area contributed by atoms with E-state index < -0.39 is 6.16 Å². The molecule has 0 saturated carbocycles. The van der Waals surface area contributed by atoms with E-state index in [2.05, 4.69) is 5.32 Å². The normalized spacial score (nSPS) is 13.8. The standard InChI is InChI=1S/C26H30N2O6/c1-3-33-26(32)34-22-10-8-20(9-11-22)25(31)27-21-14-16-28(17-15-21)24(30)13-12-23(29)19-6-4-18(2)5-7-19/h4-11,21H,3,12-17H2,1-2H3,(H,27,31). The topological polar surface area (TPSA) is 102 Å². The average Bonchev–Trinajstić information content (AvgIpc) is 2.84. The minimum atomic E-state index is -0.791. The molecule has 0 bridgehead atoms. The SMILES string of the molecule is CCOC(=O)Oc1ccc(C(=O)NC2CCN(C(=O)CCC(=O)c3ccc(C)cc3)CC2)cc1. The van der Waals surface area contributed by atoms with Crippen LogP contribution < -0.4 is 10.1 Å². The number of amides is 2. The van der Waals surface area contributed by atoms with Gasteiger partial charge in [-0.1, -0.05) is 29.8 Å². The van der Waals surface area contributed by atoms with Crippen LogP contribution in [0.2, 0.25) is 0 Å². The van der Waals surface area contributed by atoms with E-state index in [-0.39, 0.29) is 43.1 Å². The minimum Gasteiger partial charge on any atom is -0.434 e. The lowest BCUT2D eigenvalue weighted by atomic mass is 10.0. The van der Waals surface area contributed by atoms with Gasteiger partial charge in [-0.2, -0.15) is 0 Å². The molecule has 180 valence electrons. The van der Waals surface area contributed by atoms with Gasteiger partial charge in [0, 0.05) is 43.1 Å². The molecule has 0 aliphatic carbocycles. The summed E-state index contributed by atoms with van der Waals surface area (Å²) in [5.74, 6) is -0.00423. The predicted octanol–water partition coefficient (Wildman–Crippen LogP) is 3.91. The molecule has 1 aliphatic heterocycles. The van der Waals surface area contributed by atoms with Crippen LogP contribution in [0.1, 0.15) is 58.9 Å². The van der Waals surface area contributed by atoms with Crippen LogP contribution in [0.4, 0.5) is 4.79 Å². The molecule has 1 saturated heterocycles. The molecule has 8 heteroatoms. The van der Waals surface area contributed by atoms with E-state index in [1.165, 1.54) is 12.1 Å². The monoisotopic (exact) mass is 466 g/mol. The fraction of sp³-hybridized carbons (Fsp3) is 0.385. The lowest BCUT2D eigenvalue weighted by Gasteiger charge is -2.32. The molecular weight excluding hydrogens is 436 g/mol.